The summed E-state index contributed by atoms with van der Waals surface area (Å²) in [7, 11) is 0. The minimum absolute atomic E-state index is 0.0689. The molecule has 0 aliphatic carbocycles. The summed E-state index contributed by atoms with van der Waals surface area (Å²) < 4.78 is 6.57. The lowest BCUT2D eigenvalue weighted by atomic mass is 10.1. The minimum Gasteiger partial charge on any atom is -0.378 e. The highest BCUT2D eigenvalue weighted by atomic mass is 16.5. The molecule has 0 bridgehead atoms. The number of nitrogens with zero attached hydrogens (tertiary/aromatic N) is 3. The summed E-state index contributed by atoms with van der Waals surface area (Å²) in [6, 6.07) is 12.5. The number of ether oxygens (including phenoxy) is 1. The maximum Gasteiger partial charge on any atom is 0.281 e. The van der Waals surface area contributed by atoms with Crippen LogP contribution in [0.2, 0.25) is 0 Å². The van der Waals surface area contributed by atoms with Crippen molar-refractivity contribution < 1.29 is 14.3 Å². The van der Waals surface area contributed by atoms with Gasteiger partial charge in [0.2, 0.25) is 5.91 Å². The van der Waals surface area contributed by atoms with Gasteiger partial charge in [0.25, 0.3) is 11.5 Å². The summed E-state index contributed by atoms with van der Waals surface area (Å²) in [6.45, 7) is 1.97. The topological polar surface area (TPSA) is 93.0 Å². The molecule has 2 amide bonds. The molecule has 148 valence electrons. The number of benzene rings is 1. The maximum atomic E-state index is 12.8. The molecule has 2 aromatic heterocycles. The van der Waals surface area contributed by atoms with Gasteiger partial charge in [0, 0.05) is 19.3 Å². The van der Waals surface area contributed by atoms with Gasteiger partial charge in [-0.1, -0.05) is 30.3 Å². The Bertz CT molecular complexity index is 1100. The predicted molar refractivity (Wildman–Crippen MR) is 107 cm³/mol. The molecule has 0 spiro atoms. The Morgan fingerprint density at radius 1 is 1.07 bits per heavy atom. The number of pyridine rings is 1. The Kier molecular flexibility index (Phi) is 5.35. The minimum atomic E-state index is -0.437. The molecule has 4 rings (SSSR count). The van der Waals surface area contributed by atoms with Gasteiger partial charge in [-0.3, -0.25) is 18.8 Å². The number of aromatic nitrogens is 2. The Balaban J connectivity index is 1.60. The van der Waals surface area contributed by atoms with Crippen LogP contribution in [0.3, 0.4) is 0 Å². The van der Waals surface area contributed by atoms with Crippen LogP contribution in [0, 0.1) is 0 Å². The molecule has 3 heterocycles. The number of morpholine rings is 1. The van der Waals surface area contributed by atoms with Crippen LogP contribution in [0.4, 0.5) is 5.69 Å². The number of carbonyl (C=O) groups is 2. The number of hydrogen-bond acceptors (Lipinski definition) is 5. The summed E-state index contributed by atoms with van der Waals surface area (Å²) in [5, 5.41) is 2.62. The third-order valence-electron chi connectivity index (χ3n) is 4.74. The average molecular weight is 392 g/mol. The molecule has 0 saturated carbocycles. The van der Waals surface area contributed by atoms with Crippen molar-refractivity contribution >= 4 is 23.1 Å². The smallest absolute Gasteiger partial charge is 0.281 e. The molecule has 0 radical (unpaired) electrons. The highest BCUT2D eigenvalue weighted by Crippen LogP contribution is 2.13. The fourth-order valence-corrected chi connectivity index (χ4v) is 3.27. The molecule has 1 aliphatic heterocycles. The second kappa shape index (κ2) is 8.24. The van der Waals surface area contributed by atoms with Crippen LogP contribution < -0.4 is 10.9 Å². The molecule has 8 nitrogen and oxygen atoms in total. The lowest BCUT2D eigenvalue weighted by molar-refractivity contribution is -0.115. The van der Waals surface area contributed by atoms with Crippen molar-refractivity contribution in [1.82, 2.24) is 14.3 Å². The van der Waals surface area contributed by atoms with E-state index in [4.69, 9.17) is 4.74 Å². The van der Waals surface area contributed by atoms with Gasteiger partial charge in [-0.25, -0.2) is 4.98 Å². The molecule has 8 heteroatoms. The molecule has 1 fully saturated rings. The van der Waals surface area contributed by atoms with E-state index in [1.807, 2.05) is 30.3 Å². The van der Waals surface area contributed by atoms with E-state index in [0.717, 1.165) is 5.56 Å². The number of fused-ring (bicyclic) bond motifs is 1. The first-order valence-electron chi connectivity index (χ1n) is 9.34. The molecule has 1 saturated heterocycles. The number of anilines is 1. The van der Waals surface area contributed by atoms with E-state index in [9.17, 15) is 14.4 Å². The second-order valence-corrected chi connectivity index (χ2v) is 6.71. The molecule has 0 atom stereocenters. The lowest BCUT2D eigenvalue weighted by Gasteiger charge is -2.27. The van der Waals surface area contributed by atoms with Crippen molar-refractivity contribution in [3.8, 4) is 0 Å². The van der Waals surface area contributed by atoms with E-state index >= 15 is 0 Å². The Labute approximate surface area is 166 Å². The van der Waals surface area contributed by atoms with Crippen LogP contribution in [0.5, 0.6) is 0 Å². The SMILES string of the molecule is O=C(Cc1ccccc1)Nc1cnc2c(C(=O)N3CCOCC3)cccn2c1=O. The third-order valence-corrected chi connectivity index (χ3v) is 4.74. The van der Waals surface area contributed by atoms with E-state index in [2.05, 4.69) is 10.3 Å². The summed E-state index contributed by atoms with van der Waals surface area (Å²) in [6.07, 6.45) is 2.99. The summed E-state index contributed by atoms with van der Waals surface area (Å²) in [5.74, 6) is -0.505. The third kappa shape index (κ3) is 4.02. The molecular weight excluding hydrogens is 372 g/mol. The first kappa shape index (κ1) is 18.8. The van der Waals surface area contributed by atoms with Crippen molar-refractivity contribution in [3.05, 3.63) is 76.3 Å². The van der Waals surface area contributed by atoms with E-state index in [1.54, 1.807) is 17.0 Å². The summed E-state index contributed by atoms with van der Waals surface area (Å²) in [5.41, 5.74) is 1.08. The number of carbonyl (C=O) groups excluding carboxylic acids is 2. The zero-order valence-corrected chi connectivity index (χ0v) is 15.7. The molecule has 1 aliphatic rings. The standard InChI is InChI=1S/C21H20N4O4/c26-18(13-15-5-2-1-3-6-15)23-17-14-22-19-16(7-4-8-25(19)21(17)28)20(27)24-9-11-29-12-10-24/h1-8,14H,9-13H2,(H,23,26). The van der Waals surface area contributed by atoms with Gasteiger partial charge in [0.1, 0.15) is 5.69 Å². The zero-order valence-electron chi connectivity index (χ0n) is 15.7. The first-order valence-corrected chi connectivity index (χ1v) is 9.34. The van der Waals surface area contributed by atoms with Gasteiger partial charge in [-0.15, -0.1) is 0 Å². The number of hydrogen-bond donors (Lipinski definition) is 1. The van der Waals surface area contributed by atoms with Gasteiger partial charge >= 0.3 is 0 Å². The van der Waals surface area contributed by atoms with Crippen molar-refractivity contribution in [2.24, 2.45) is 0 Å². The van der Waals surface area contributed by atoms with Crippen molar-refractivity contribution in [1.29, 1.82) is 0 Å². The van der Waals surface area contributed by atoms with Gasteiger partial charge in [-0.2, -0.15) is 0 Å². The van der Waals surface area contributed by atoms with E-state index in [1.165, 1.54) is 16.8 Å². The van der Waals surface area contributed by atoms with Crippen LogP contribution in [-0.2, 0) is 16.0 Å². The van der Waals surface area contributed by atoms with Crippen molar-refractivity contribution in [3.63, 3.8) is 0 Å². The monoisotopic (exact) mass is 392 g/mol. The highest BCUT2D eigenvalue weighted by molar-refractivity contribution is 6.00. The van der Waals surface area contributed by atoms with Gasteiger partial charge in [0.05, 0.1) is 31.4 Å². The summed E-state index contributed by atoms with van der Waals surface area (Å²) >= 11 is 0. The van der Waals surface area contributed by atoms with Crippen LogP contribution in [0.1, 0.15) is 15.9 Å². The largest absolute Gasteiger partial charge is 0.378 e. The molecule has 29 heavy (non-hydrogen) atoms. The molecule has 3 aromatic rings. The first-order chi connectivity index (χ1) is 14.1. The van der Waals surface area contributed by atoms with Crippen molar-refractivity contribution in [2.75, 3.05) is 31.6 Å². The summed E-state index contributed by atoms with van der Waals surface area (Å²) in [4.78, 5) is 43.9. The van der Waals surface area contributed by atoms with Crippen LogP contribution >= 0.6 is 0 Å². The van der Waals surface area contributed by atoms with Crippen molar-refractivity contribution in [2.45, 2.75) is 6.42 Å². The second-order valence-electron chi connectivity index (χ2n) is 6.71. The number of nitrogens with one attached hydrogen (secondary N) is 1. The molecule has 0 unspecified atom stereocenters. The van der Waals surface area contributed by atoms with Crippen LogP contribution in [0.15, 0.2) is 59.7 Å². The highest BCUT2D eigenvalue weighted by Gasteiger charge is 2.22. The Morgan fingerprint density at radius 3 is 2.59 bits per heavy atom. The Hall–Kier alpha value is -3.52. The van der Waals surface area contributed by atoms with Crippen LogP contribution in [0.25, 0.3) is 5.65 Å². The van der Waals surface area contributed by atoms with Gasteiger partial charge in [-0.05, 0) is 17.7 Å². The van der Waals surface area contributed by atoms with E-state index in [-0.39, 0.29) is 29.6 Å². The quantitative estimate of drug-likeness (QED) is 0.724. The normalized spacial score (nSPS) is 14.0. The number of amides is 2. The van der Waals surface area contributed by atoms with Crippen LogP contribution in [-0.4, -0.2) is 52.4 Å². The molecule has 1 aromatic carbocycles. The van der Waals surface area contributed by atoms with Gasteiger partial charge in [0.15, 0.2) is 5.65 Å². The molecular formula is C21H20N4O4. The fourth-order valence-electron chi connectivity index (χ4n) is 3.27. The van der Waals surface area contributed by atoms with Gasteiger partial charge < -0.3 is 15.0 Å². The average Bonchev–Trinajstić information content (AvgIpc) is 2.76. The predicted octanol–water partition coefficient (Wildman–Crippen LogP) is 1.35. The number of rotatable bonds is 4. The van der Waals surface area contributed by atoms with E-state index < -0.39 is 5.56 Å². The fraction of sp³-hybridized carbons (Fsp3) is 0.238. The lowest BCUT2D eigenvalue weighted by Crippen LogP contribution is -2.41. The molecule has 1 N–H and O–H groups in total. The maximum absolute atomic E-state index is 12.8. The van der Waals surface area contributed by atoms with E-state index in [0.29, 0.717) is 31.9 Å². The Morgan fingerprint density at radius 2 is 1.83 bits per heavy atom. The zero-order chi connectivity index (χ0) is 20.2.